The van der Waals surface area contributed by atoms with Crippen molar-refractivity contribution in [2.24, 2.45) is 17.8 Å². The summed E-state index contributed by atoms with van der Waals surface area (Å²) in [7, 11) is 0. The van der Waals surface area contributed by atoms with Gasteiger partial charge in [-0.2, -0.15) is 0 Å². The van der Waals surface area contributed by atoms with Gasteiger partial charge in [-0.3, -0.25) is 4.79 Å². The van der Waals surface area contributed by atoms with Crippen molar-refractivity contribution in [2.75, 3.05) is 6.61 Å². The molecule has 3 heteroatoms. The second-order valence-corrected chi connectivity index (χ2v) is 6.79. The Bertz CT molecular complexity index is 736. The van der Waals surface area contributed by atoms with E-state index in [-0.39, 0.29) is 11.9 Å². The highest BCUT2D eigenvalue weighted by molar-refractivity contribution is 5.79. The van der Waals surface area contributed by atoms with Crippen LogP contribution < -0.4 is 4.74 Å². The van der Waals surface area contributed by atoms with Crippen molar-refractivity contribution in [1.29, 1.82) is 0 Å². The van der Waals surface area contributed by atoms with Crippen molar-refractivity contribution in [3.8, 4) is 11.5 Å². The third kappa shape index (κ3) is 1.99. The molecule has 1 saturated heterocycles. The summed E-state index contributed by atoms with van der Waals surface area (Å²) < 4.78 is 11.1. The van der Waals surface area contributed by atoms with Crippen LogP contribution >= 0.6 is 0 Å². The predicted octanol–water partition coefficient (Wildman–Crippen LogP) is 4.12. The number of benzene rings is 2. The number of hydrogen-bond donors (Lipinski definition) is 0. The lowest BCUT2D eigenvalue weighted by Gasteiger charge is -2.28. The summed E-state index contributed by atoms with van der Waals surface area (Å²) in [5, 5.41) is 0. The molecule has 0 bridgehead atoms. The smallest absolute Gasteiger partial charge is 0.309 e. The van der Waals surface area contributed by atoms with Crippen molar-refractivity contribution in [3.63, 3.8) is 0 Å². The molecule has 0 N–H and O–H groups in total. The minimum absolute atomic E-state index is 0.0211. The van der Waals surface area contributed by atoms with E-state index in [9.17, 15) is 4.79 Å². The van der Waals surface area contributed by atoms with Crippen LogP contribution in [0.1, 0.15) is 29.9 Å². The van der Waals surface area contributed by atoms with Crippen molar-refractivity contribution in [3.05, 3.63) is 59.7 Å². The third-order valence-corrected chi connectivity index (χ3v) is 5.62. The molecule has 3 aliphatic rings. The summed E-state index contributed by atoms with van der Waals surface area (Å²) in [4.78, 5) is 11.6. The standard InChI is InChI=1S/C20H18O3/c21-20-19-15(16(19)11-22-20)10-9-12-13-5-1-3-7-17(13)23-18-8-4-2-6-14(12)18/h1-8,12,15-16,19H,9-11H2/t15-,16+,19-/m1/s1. The second kappa shape index (κ2) is 4.85. The fourth-order valence-electron chi connectivity index (χ4n) is 4.37. The molecule has 0 spiro atoms. The number of hydrogen-bond acceptors (Lipinski definition) is 3. The molecule has 0 unspecified atom stereocenters. The van der Waals surface area contributed by atoms with Crippen LogP contribution in [0, 0.1) is 17.8 Å². The number of cyclic esters (lactones) is 1. The molecule has 0 radical (unpaired) electrons. The van der Waals surface area contributed by atoms with E-state index in [0.29, 0.717) is 24.4 Å². The largest absolute Gasteiger partial charge is 0.465 e. The zero-order valence-corrected chi connectivity index (χ0v) is 12.8. The fraction of sp³-hybridized carbons (Fsp3) is 0.350. The van der Waals surface area contributed by atoms with Gasteiger partial charge in [0.05, 0.1) is 12.5 Å². The molecule has 2 heterocycles. The van der Waals surface area contributed by atoms with E-state index in [1.54, 1.807) is 0 Å². The summed E-state index contributed by atoms with van der Waals surface area (Å²) in [6, 6.07) is 16.6. The highest BCUT2D eigenvalue weighted by Gasteiger charge is 2.59. The average molecular weight is 306 g/mol. The topological polar surface area (TPSA) is 35.5 Å². The summed E-state index contributed by atoms with van der Waals surface area (Å²) in [6.07, 6.45) is 2.14. The molecule has 0 aromatic heterocycles. The van der Waals surface area contributed by atoms with Gasteiger partial charge in [-0.25, -0.2) is 0 Å². The fourth-order valence-corrected chi connectivity index (χ4v) is 4.37. The van der Waals surface area contributed by atoms with Crippen molar-refractivity contribution in [1.82, 2.24) is 0 Å². The van der Waals surface area contributed by atoms with Crippen LogP contribution in [0.4, 0.5) is 0 Å². The summed E-state index contributed by atoms with van der Waals surface area (Å²) in [5.41, 5.74) is 2.53. The number of fused-ring (bicyclic) bond motifs is 3. The van der Waals surface area contributed by atoms with Gasteiger partial charge in [-0.05, 0) is 30.9 Å². The van der Waals surface area contributed by atoms with Crippen LogP contribution in [0.2, 0.25) is 0 Å². The van der Waals surface area contributed by atoms with Gasteiger partial charge in [-0.15, -0.1) is 0 Å². The van der Waals surface area contributed by atoms with Crippen molar-refractivity contribution in [2.45, 2.75) is 18.8 Å². The van der Waals surface area contributed by atoms with Gasteiger partial charge in [0.1, 0.15) is 11.5 Å². The Morgan fingerprint density at radius 1 is 0.913 bits per heavy atom. The van der Waals surface area contributed by atoms with Crippen LogP contribution in [0.3, 0.4) is 0 Å². The van der Waals surface area contributed by atoms with Gasteiger partial charge in [-0.1, -0.05) is 36.4 Å². The molecule has 1 aliphatic carbocycles. The summed E-state index contributed by atoms with van der Waals surface area (Å²) in [6.45, 7) is 0.634. The Kier molecular flexibility index (Phi) is 2.78. The predicted molar refractivity (Wildman–Crippen MR) is 85.5 cm³/mol. The maximum absolute atomic E-state index is 11.6. The first-order valence-electron chi connectivity index (χ1n) is 8.35. The quantitative estimate of drug-likeness (QED) is 0.800. The minimum Gasteiger partial charge on any atom is -0.465 e. The number of carbonyl (C=O) groups excluding carboxylic acids is 1. The second-order valence-electron chi connectivity index (χ2n) is 6.79. The molecule has 23 heavy (non-hydrogen) atoms. The maximum Gasteiger partial charge on any atom is 0.309 e. The number of para-hydroxylation sites is 2. The Labute approximate surface area is 135 Å². The third-order valence-electron chi connectivity index (χ3n) is 5.62. The zero-order chi connectivity index (χ0) is 15.4. The SMILES string of the molecule is O=C1OC[C@H]2[C@@H](CCC3c4ccccc4Oc4ccccc43)[C@@H]12. The highest BCUT2D eigenvalue weighted by atomic mass is 16.5. The van der Waals surface area contributed by atoms with Crippen LogP contribution in [0.25, 0.3) is 0 Å². The molecule has 3 atom stereocenters. The normalized spacial score (nSPS) is 27.5. The van der Waals surface area contributed by atoms with Gasteiger partial charge >= 0.3 is 5.97 Å². The van der Waals surface area contributed by atoms with E-state index in [2.05, 4.69) is 24.3 Å². The molecule has 2 aromatic carbocycles. The van der Waals surface area contributed by atoms with Crippen LogP contribution in [0.15, 0.2) is 48.5 Å². The molecule has 2 aromatic rings. The first-order valence-corrected chi connectivity index (χ1v) is 8.35. The Hall–Kier alpha value is -2.29. The zero-order valence-electron chi connectivity index (χ0n) is 12.8. The molecular formula is C20H18O3. The molecule has 2 aliphatic heterocycles. The monoisotopic (exact) mass is 306 g/mol. The van der Waals surface area contributed by atoms with E-state index in [1.165, 1.54) is 11.1 Å². The Balaban J connectivity index is 1.42. The number of carbonyl (C=O) groups is 1. The number of esters is 1. The summed E-state index contributed by atoms with van der Waals surface area (Å²) >= 11 is 0. The van der Waals surface area contributed by atoms with E-state index in [0.717, 1.165) is 24.3 Å². The lowest BCUT2D eigenvalue weighted by Crippen LogP contribution is -2.12. The van der Waals surface area contributed by atoms with Crippen LogP contribution in [-0.4, -0.2) is 12.6 Å². The van der Waals surface area contributed by atoms with E-state index in [1.807, 2.05) is 24.3 Å². The van der Waals surface area contributed by atoms with Gasteiger partial charge in [0.2, 0.25) is 0 Å². The first-order chi connectivity index (χ1) is 11.3. The molecule has 5 rings (SSSR count). The minimum atomic E-state index is 0.0211. The number of ether oxygens (including phenoxy) is 2. The van der Waals surface area contributed by atoms with E-state index >= 15 is 0 Å². The Morgan fingerprint density at radius 3 is 2.17 bits per heavy atom. The molecule has 3 nitrogen and oxygen atoms in total. The Morgan fingerprint density at radius 2 is 1.57 bits per heavy atom. The van der Waals surface area contributed by atoms with Crippen LogP contribution in [0.5, 0.6) is 11.5 Å². The van der Waals surface area contributed by atoms with Crippen molar-refractivity contribution < 1.29 is 14.3 Å². The van der Waals surface area contributed by atoms with Crippen LogP contribution in [-0.2, 0) is 9.53 Å². The van der Waals surface area contributed by atoms with Gasteiger partial charge < -0.3 is 9.47 Å². The average Bonchev–Trinajstić information content (AvgIpc) is 3.16. The summed E-state index contributed by atoms with van der Waals surface area (Å²) in [5.74, 6) is 3.49. The lowest BCUT2D eigenvalue weighted by molar-refractivity contribution is -0.141. The first kappa shape index (κ1) is 13.2. The molecule has 0 amide bonds. The van der Waals surface area contributed by atoms with Gasteiger partial charge in [0.15, 0.2) is 0 Å². The lowest BCUT2D eigenvalue weighted by atomic mass is 9.84. The highest BCUT2D eigenvalue weighted by Crippen LogP contribution is 2.56. The van der Waals surface area contributed by atoms with Crippen molar-refractivity contribution >= 4 is 5.97 Å². The maximum atomic E-state index is 11.6. The van der Waals surface area contributed by atoms with Gasteiger partial charge in [0.25, 0.3) is 0 Å². The molecular weight excluding hydrogens is 288 g/mol. The van der Waals surface area contributed by atoms with E-state index in [4.69, 9.17) is 9.47 Å². The molecule has 2 fully saturated rings. The van der Waals surface area contributed by atoms with E-state index < -0.39 is 0 Å². The molecule has 1 saturated carbocycles. The number of rotatable bonds is 3. The molecule has 116 valence electrons. The van der Waals surface area contributed by atoms with Gasteiger partial charge in [0, 0.05) is 23.0 Å².